The maximum absolute atomic E-state index is 12.0. The Morgan fingerprint density at radius 2 is 2.20 bits per heavy atom. The van der Waals surface area contributed by atoms with Crippen LogP contribution in [-0.4, -0.2) is 24.5 Å². The van der Waals surface area contributed by atoms with Gasteiger partial charge >= 0.3 is 0 Å². The molecule has 0 unspecified atom stereocenters. The molecular weight excluding hydrogens is 294 g/mol. The van der Waals surface area contributed by atoms with E-state index in [9.17, 15) is 4.79 Å². The summed E-state index contributed by atoms with van der Waals surface area (Å²) >= 11 is 7.58. The summed E-state index contributed by atoms with van der Waals surface area (Å²) in [5.74, 6) is 0.607. The molecule has 2 aromatic rings. The molecule has 1 aromatic heterocycles. The van der Waals surface area contributed by atoms with Crippen LogP contribution >= 0.6 is 22.9 Å². The molecule has 0 fully saturated rings. The van der Waals surface area contributed by atoms with E-state index >= 15 is 0 Å². The number of nitrogens with zero attached hydrogens (tertiary/aromatic N) is 1. The van der Waals surface area contributed by atoms with Crippen LogP contribution in [0, 0.1) is 6.92 Å². The van der Waals surface area contributed by atoms with Gasteiger partial charge in [-0.05, 0) is 42.1 Å². The zero-order valence-corrected chi connectivity index (χ0v) is 13.0. The van der Waals surface area contributed by atoms with E-state index in [1.165, 1.54) is 0 Å². The van der Waals surface area contributed by atoms with Gasteiger partial charge in [-0.1, -0.05) is 17.7 Å². The Morgan fingerprint density at radius 1 is 1.40 bits per heavy atom. The topological polar surface area (TPSA) is 29.5 Å². The first-order valence-corrected chi connectivity index (χ1v) is 7.47. The maximum atomic E-state index is 12.0. The first-order valence-electron chi connectivity index (χ1n) is 6.21. The van der Waals surface area contributed by atoms with Crippen molar-refractivity contribution in [3.63, 3.8) is 0 Å². The molecular formula is C15H16ClNO2S. The molecule has 0 saturated heterocycles. The van der Waals surface area contributed by atoms with Gasteiger partial charge in [0.1, 0.15) is 5.75 Å². The van der Waals surface area contributed by atoms with Crippen molar-refractivity contribution >= 4 is 28.8 Å². The van der Waals surface area contributed by atoms with Crippen molar-refractivity contribution in [2.45, 2.75) is 13.5 Å². The van der Waals surface area contributed by atoms with Gasteiger partial charge in [-0.3, -0.25) is 4.79 Å². The Bertz CT molecular complexity index is 584. The standard InChI is InChI=1S/C15H16ClNO2S/c1-11-8-12(5-6-14(11)16)19-10-15(18)17(2)9-13-4-3-7-20-13/h3-8H,9-10H2,1-2H3. The summed E-state index contributed by atoms with van der Waals surface area (Å²) < 4.78 is 5.50. The molecule has 20 heavy (non-hydrogen) atoms. The summed E-state index contributed by atoms with van der Waals surface area (Å²) in [5.41, 5.74) is 0.934. The van der Waals surface area contributed by atoms with Crippen molar-refractivity contribution in [3.05, 3.63) is 51.2 Å². The summed E-state index contributed by atoms with van der Waals surface area (Å²) in [6, 6.07) is 9.35. The third-order valence-corrected chi connectivity index (χ3v) is 4.18. The Labute approximate surface area is 127 Å². The van der Waals surface area contributed by atoms with Crippen LogP contribution in [0.2, 0.25) is 5.02 Å². The van der Waals surface area contributed by atoms with Crippen LogP contribution in [-0.2, 0) is 11.3 Å². The Morgan fingerprint density at radius 3 is 2.85 bits per heavy atom. The molecule has 0 radical (unpaired) electrons. The quantitative estimate of drug-likeness (QED) is 0.842. The van der Waals surface area contributed by atoms with Crippen molar-refractivity contribution in [2.75, 3.05) is 13.7 Å². The molecule has 0 bridgehead atoms. The molecule has 1 aromatic carbocycles. The highest BCUT2D eigenvalue weighted by molar-refractivity contribution is 7.09. The van der Waals surface area contributed by atoms with Gasteiger partial charge in [0.05, 0.1) is 6.54 Å². The molecule has 5 heteroatoms. The summed E-state index contributed by atoms with van der Waals surface area (Å²) in [4.78, 5) is 14.8. The van der Waals surface area contributed by atoms with Gasteiger partial charge in [0, 0.05) is 16.9 Å². The SMILES string of the molecule is Cc1cc(OCC(=O)N(C)Cc2cccs2)ccc1Cl. The molecule has 0 spiro atoms. The number of amides is 1. The van der Waals surface area contributed by atoms with E-state index in [4.69, 9.17) is 16.3 Å². The number of hydrogen-bond acceptors (Lipinski definition) is 3. The number of halogens is 1. The number of likely N-dealkylation sites (N-methyl/N-ethyl adjacent to an activating group) is 1. The fraction of sp³-hybridized carbons (Fsp3) is 0.267. The molecule has 0 aliphatic carbocycles. The van der Waals surface area contributed by atoms with Crippen LogP contribution in [0.4, 0.5) is 0 Å². The minimum absolute atomic E-state index is 0.0307. The van der Waals surface area contributed by atoms with Crippen LogP contribution in [0.1, 0.15) is 10.4 Å². The van der Waals surface area contributed by atoms with Gasteiger partial charge in [-0.25, -0.2) is 0 Å². The lowest BCUT2D eigenvalue weighted by molar-refractivity contribution is -0.132. The Hall–Kier alpha value is -1.52. The van der Waals surface area contributed by atoms with Gasteiger partial charge in [-0.15, -0.1) is 11.3 Å². The second-order valence-corrected chi connectivity index (χ2v) is 5.97. The van der Waals surface area contributed by atoms with E-state index in [2.05, 4.69) is 0 Å². The number of thiophene rings is 1. The lowest BCUT2D eigenvalue weighted by Gasteiger charge is -2.16. The third kappa shape index (κ3) is 3.99. The number of ether oxygens (including phenoxy) is 1. The number of carbonyl (C=O) groups is 1. The van der Waals surface area contributed by atoms with Crippen molar-refractivity contribution in [1.82, 2.24) is 4.90 Å². The molecule has 0 saturated carbocycles. The van der Waals surface area contributed by atoms with Gasteiger partial charge in [-0.2, -0.15) is 0 Å². The number of rotatable bonds is 5. The van der Waals surface area contributed by atoms with E-state index in [-0.39, 0.29) is 12.5 Å². The van der Waals surface area contributed by atoms with Crippen LogP contribution in [0.25, 0.3) is 0 Å². The fourth-order valence-corrected chi connectivity index (χ4v) is 2.56. The second-order valence-electron chi connectivity index (χ2n) is 4.53. The largest absolute Gasteiger partial charge is 0.484 e. The minimum Gasteiger partial charge on any atom is -0.484 e. The molecule has 0 N–H and O–H groups in total. The highest BCUT2D eigenvalue weighted by atomic mass is 35.5. The van der Waals surface area contributed by atoms with Crippen molar-refractivity contribution in [1.29, 1.82) is 0 Å². The zero-order valence-electron chi connectivity index (χ0n) is 11.4. The second kappa shape index (κ2) is 6.77. The number of carbonyl (C=O) groups excluding carboxylic acids is 1. The highest BCUT2D eigenvalue weighted by Gasteiger charge is 2.11. The van der Waals surface area contributed by atoms with E-state index in [0.29, 0.717) is 17.3 Å². The van der Waals surface area contributed by atoms with E-state index in [0.717, 1.165) is 10.4 Å². The third-order valence-electron chi connectivity index (χ3n) is 2.89. The van der Waals surface area contributed by atoms with E-state index in [1.807, 2.05) is 30.5 Å². The molecule has 2 rings (SSSR count). The molecule has 1 heterocycles. The van der Waals surface area contributed by atoms with Gasteiger partial charge < -0.3 is 9.64 Å². The summed E-state index contributed by atoms with van der Waals surface area (Å²) in [7, 11) is 1.78. The van der Waals surface area contributed by atoms with E-state index < -0.39 is 0 Å². The van der Waals surface area contributed by atoms with Crippen LogP contribution in [0.5, 0.6) is 5.75 Å². The van der Waals surface area contributed by atoms with Gasteiger partial charge in [0.2, 0.25) is 0 Å². The fourth-order valence-electron chi connectivity index (χ4n) is 1.69. The molecule has 0 atom stereocenters. The summed E-state index contributed by atoms with van der Waals surface area (Å²) in [6.07, 6.45) is 0. The van der Waals surface area contributed by atoms with Gasteiger partial charge in [0.25, 0.3) is 5.91 Å². The van der Waals surface area contributed by atoms with Crippen molar-refractivity contribution in [3.8, 4) is 5.75 Å². The minimum atomic E-state index is -0.0500. The Kier molecular flexibility index (Phi) is 5.04. The van der Waals surface area contributed by atoms with Crippen LogP contribution in [0.3, 0.4) is 0 Å². The lowest BCUT2D eigenvalue weighted by Crippen LogP contribution is -2.30. The monoisotopic (exact) mass is 309 g/mol. The highest BCUT2D eigenvalue weighted by Crippen LogP contribution is 2.21. The zero-order chi connectivity index (χ0) is 14.5. The molecule has 0 aliphatic heterocycles. The van der Waals surface area contributed by atoms with Crippen molar-refractivity contribution < 1.29 is 9.53 Å². The number of benzene rings is 1. The van der Waals surface area contributed by atoms with Crippen molar-refractivity contribution in [2.24, 2.45) is 0 Å². The van der Waals surface area contributed by atoms with Crippen LogP contribution < -0.4 is 4.74 Å². The summed E-state index contributed by atoms with van der Waals surface area (Å²) in [6.45, 7) is 2.54. The predicted octanol–water partition coefficient (Wildman–Crippen LogP) is 3.75. The molecule has 3 nitrogen and oxygen atoms in total. The molecule has 0 aliphatic rings. The molecule has 106 valence electrons. The first-order chi connectivity index (χ1) is 9.56. The lowest BCUT2D eigenvalue weighted by atomic mass is 10.2. The first kappa shape index (κ1) is 14.9. The average Bonchev–Trinajstić information content (AvgIpc) is 2.92. The van der Waals surface area contributed by atoms with Gasteiger partial charge in [0.15, 0.2) is 6.61 Å². The molecule has 1 amide bonds. The van der Waals surface area contributed by atoms with E-state index in [1.54, 1.807) is 35.4 Å². The maximum Gasteiger partial charge on any atom is 0.260 e. The number of aryl methyl sites for hydroxylation is 1. The number of hydrogen-bond donors (Lipinski definition) is 0. The summed E-state index contributed by atoms with van der Waals surface area (Å²) in [5, 5.41) is 2.69. The Balaban J connectivity index is 1.86. The van der Waals surface area contributed by atoms with Crippen LogP contribution in [0.15, 0.2) is 35.7 Å². The normalized spacial score (nSPS) is 10.3. The average molecular weight is 310 g/mol. The smallest absolute Gasteiger partial charge is 0.260 e. The predicted molar refractivity (Wildman–Crippen MR) is 82.5 cm³/mol.